The first-order valence-electron chi connectivity index (χ1n) is 6.13. The van der Waals surface area contributed by atoms with Crippen molar-refractivity contribution in [2.24, 2.45) is 5.92 Å². The minimum Gasteiger partial charge on any atom is -0.481 e. The molecule has 8 heteroatoms. The largest absolute Gasteiger partial charge is 0.481 e. The zero-order chi connectivity index (χ0) is 15.3. The number of carboxylic acid groups (broad SMARTS) is 1. The molecule has 8 nitrogen and oxygen atoms in total. The van der Waals surface area contributed by atoms with Gasteiger partial charge in [0.15, 0.2) is 0 Å². The van der Waals surface area contributed by atoms with Gasteiger partial charge in [-0.15, -0.1) is 0 Å². The maximum absolute atomic E-state index is 11.5. The molecule has 0 spiro atoms. The zero-order valence-electron chi connectivity index (χ0n) is 11.3. The number of carboxylic acids is 1. The molecule has 0 aliphatic rings. The Morgan fingerprint density at radius 1 is 1.30 bits per heavy atom. The summed E-state index contributed by atoms with van der Waals surface area (Å²) in [6.07, 6.45) is 0.216. The highest BCUT2D eigenvalue weighted by Crippen LogP contribution is 2.00. The van der Waals surface area contributed by atoms with Crippen LogP contribution < -0.4 is 16.6 Å². The van der Waals surface area contributed by atoms with Gasteiger partial charge in [0.2, 0.25) is 5.91 Å². The molecule has 0 aromatic carbocycles. The first-order valence-corrected chi connectivity index (χ1v) is 6.13. The van der Waals surface area contributed by atoms with E-state index in [9.17, 15) is 19.2 Å². The molecule has 0 saturated heterocycles. The van der Waals surface area contributed by atoms with Gasteiger partial charge in [-0.1, -0.05) is 6.92 Å². The van der Waals surface area contributed by atoms with Crippen molar-refractivity contribution in [1.82, 2.24) is 15.3 Å². The molecule has 0 saturated carbocycles. The first kappa shape index (κ1) is 15.7. The second-order valence-electron chi connectivity index (χ2n) is 4.56. The maximum atomic E-state index is 11.5. The third-order valence-electron chi connectivity index (χ3n) is 2.88. The summed E-state index contributed by atoms with van der Waals surface area (Å²) in [5.74, 6) is -2.00. The van der Waals surface area contributed by atoms with E-state index >= 15 is 0 Å². The van der Waals surface area contributed by atoms with Crippen LogP contribution in [0.4, 0.5) is 0 Å². The Balaban J connectivity index is 2.56. The number of carbonyl (C=O) groups is 2. The second kappa shape index (κ2) is 6.69. The van der Waals surface area contributed by atoms with E-state index in [4.69, 9.17) is 5.11 Å². The summed E-state index contributed by atoms with van der Waals surface area (Å²) in [5, 5.41) is 11.2. The molecule has 1 aromatic heterocycles. The average Bonchev–Trinajstić information content (AvgIpc) is 2.34. The molecule has 1 rings (SSSR count). The number of amides is 1. The number of H-pyrrole nitrogens is 2. The van der Waals surface area contributed by atoms with E-state index in [1.54, 1.807) is 6.92 Å². The van der Waals surface area contributed by atoms with Gasteiger partial charge >= 0.3 is 11.7 Å². The summed E-state index contributed by atoms with van der Waals surface area (Å²) >= 11 is 0. The summed E-state index contributed by atoms with van der Waals surface area (Å²) in [5.41, 5.74) is -0.342. The quantitative estimate of drug-likeness (QED) is 0.539. The molecule has 0 radical (unpaired) electrons. The Labute approximate surface area is 114 Å². The zero-order valence-corrected chi connectivity index (χ0v) is 11.3. The summed E-state index contributed by atoms with van der Waals surface area (Å²) in [4.78, 5) is 49.2. The molecule has 0 fully saturated rings. The van der Waals surface area contributed by atoms with Gasteiger partial charge in [-0.05, 0) is 13.3 Å². The van der Waals surface area contributed by atoms with Gasteiger partial charge in [-0.2, -0.15) is 0 Å². The number of aromatic amines is 2. The Kier molecular flexibility index (Phi) is 5.24. The summed E-state index contributed by atoms with van der Waals surface area (Å²) in [7, 11) is 0. The van der Waals surface area contributed by atoms with Crippen LogP contribution in [0.25, 0.3) is 0 Å². The SMILES string of the molecule is Cc1[nH]c(=O)[nH]c(=O)c1CCC(=O)NCC(C)C(=O)O. The molecule has 1 atom stereocenters. The van der Waals surface area contributed by atoms with Crippen molar-refractivity contribution in [3.05, 3.63) is 32.1 Å². The number of rotatable bonds is 6. The van der Waals surface area contributed by atoms with Crippen LogP contribution in [0.3, 0.4) is 0 Å². The monoisotopic (exact) mass is 283 g/mol. The molecule has 1 unspecified atom stereocenters. The number of aliphatic carboxylic acids is 1. The highest BCUT2D eigenvalue weighted by molar-refractivity contribution is 5.77. The van der Waals surface area contributed by atoms with Crippen molar-refractivity contribution in [3.63, 3.8) is 0 Å². The lowest BCUT2D eigenvalue weighted by Crippen LogP contribution is -2.32. The second-order valence-corrected chi connectivity index (χ2v) is 4.56. The molecular formula is C12H17N3O5. The van der Waals surface area contributed by atoms with Crippen LogP contribution in [-0.4, -0.2) is 33.5 Å². The van der Waals surface area contributed by atoms with Gasteiger partial charge in [0.1, 0.15) is 0 Å². The number of nitrogens with one attached hydrogen (secondary N) is 3. The van der Waals surface area contributed by atoms with E-state index < -0.39 is 23.1 Å². The van der Waals surface area contributed by atoms with E-state index in [-0.39, 0.29) is 25.3 Å². The topological polar surface area (TPSA) is 132 Å². The van der Waals surface area contributed by atoms with Crippen LogP contribution in [0.2, 0.25) is 0 Å². The van der Waals surface area contributed by atoms with Gasteiger partial charge in [-0.25, -0.2) is 4.79 Å². The van der Waals surface area contributed by atoms with Crippen LogP contribution in [-0.2, 0) is 16.0 Å². The highest BCUT2D eigenvalue weighted by Gasteiger charge is 2.13. The lowest BCUT2D eigenvalue weighted by Gasteiger charge is -2.08. The fourth-order valence-electron chi connectivity index (χ4n) is 1.61. The summed E-state index contributed by atoms with van der Waals surface area (Å²) in [6, 6.07) is 0. The molecule has 0 bridgehead atoms. The lowest BCUT2D eigenvalue weighted by molar-refractivity contribution is -0.141. The Hall–Kier alpha value is -2.38. The fraction of sp³-hybridized carbons (Fsp3) is 0.500. The van der Waals surface area contributed by atoms with Gasteiger partial charge < -0.3 is 15.4 Å². The predicted octanol–water partition coefficient (Wildman–Crippen LogP) is -0.859. The maximum Gasteiger partial charge on any atom is 0.325 e. The summed E-state index contributed by atoms with van der Waals surface area (Å²) < 4.78 is 0. The third kappa shape index (κ3) is 4.38. The predicted molar refractivity (Wildman–Crippen MR) is 70.6 cm³/mol. The smallest absolute Gasteiger partial charge is 0.325 e. The normalized spacial score (nSPS) is 11.9. The third-order valence-corrected chi connectivity index (χ3v) is 2.88. The molecule has 1 aromatic rings. The van der Waals surface area contributed by atoms with Gasteiger partial charge in [-0.3, -0.25) is 19.4 Å². The Morgan fingerprint density at radius 2 is 1.95 bits per heavy atom. The fourth-order valence-corrected chi connectivity index (χ4v) is 1.61. The number of aromatic nitrogens is 2. The van der Waals surface area contributed by atoms with E-state index in [1.165, 1.54) is 6.92 Å². The molecule has 20 heavy (non-hydrogen) atoms. The number of carbonyl (C=O) groups excluding carboxylic acids is 1. The molecule has 0 aliphatic carbocycles. The van der Waals surface area contributed by atoms with Crippen LogP contribution in [0, 0.1) is 12.8 Å². The number of hydrogen-bond acceptors (Lipinski definition) is 4. The van der Waals surface area contributed by atoms with Crippen LogP contribution in [0.15, 0.2) is 9.59 Å². The molecular weight excluding hydrogens is 266 g/mol. The van der Waals surface area contributed by atoms with Crippen LogP contribution >= 0.6 is 0 Å². The van der Waals surface area contributed by atoms with E-state index in [1.807, 2.05) is 0 Å². The van der Waals surface area contributed by atoms with Crippen LogP contribution in [0.1, 0.15) is 24.6 Å². The average molecular weight is 283 g/mol. The number of aryl methyl sites for hydroxylation is 1. The van der Waals surface area contributed by atoms with Crippen molar-refractivity contribution in [1.29, 1.82) is 0 Å². The van der Waals surface area contributed by atoms with Crippen LogP contribution in [0.5, 0.6) is 0 Å². The summed E-state index contributed by atoms with van der Waals surface area (Å²) in [6.45, 7) is 3.10. The van der Waals surface area contributed by atoms with E-state index in [2.05, 4.69) is 15.3 Å². The molecule has 1 amide bonds. The minimum atomic E-state index is -0.988. The first-order chi connectivity index (χ1) is 9.31. The van der Waals surface area contributed by atoms with Crippen molar-refractivity contribution in [2.75, 3.05) is 6.54 Å². The molecule has 110 valence electrons. The van der Waals surface area contributed by atoms with E-state index in [0.717, 1.165) is 0 Å². The van der Waals surface area contributed by atoms with Crippen molar-refractivity contribution in [3.8, 4) is 0 Å². The highest BCUT2D eigenvalue weighted by atomic mass is 16.4. The molecule has 4 N–H and O–H groups in total. The lowest BCUT2D eigenvalue weighted by atomic mass is 10.1. The van der Waals surface area contributed by atoms with Crippen molar-refractivity contribution >= 4 is 11.9 Å². The van der Waals surface area contributed by atoms with E-state index in [0.29, 0.717) is 11.3 Å². The Bertz CT molecular complexity index is 616. The van der Waals surface area contributed by atoms with Crippen molar-refractivity contribution in [2.45, 2.75) is 26.7 Å². The number of hydrogen-bond donors (Lipinski definition) is 4. The van der Waals surface area contributed by atoms with Gasteiger partial charge in [0, 0.05) is 24.2 Å². The minimum absolute atomic E-state index is 0.0368. The molecule has 0 aliphatic heterocycles. The Morgan fingerprint density at radius 3 is 2.50 bits per heavy atom. The molecule has 1 heterocycles. The van der Waals surface area contributed by atoms with Gasteiger partial charge in [0.05, 0.1) is 5.92 Å². The van der Waals surface area contributed by atoms with Gasteiger partial charge in [0.25, 0.3) is 5.56 Å². The standard InChI is InChI=1S/C12H17N3O5/c1-6(11(18)19)5-13-9(16)4-3-8-7(2)14-12(20)15-10(8)17/h6H,3-5H2,1-2H3,(H,13,16)(H,18,19)(H2,14,15,17,20). The van der Waals surface area contributed by atoms with Crippen molar-refractivity contribution < 1.29 is 14.7 Å².